The van der Waals surface area contributed by atoms with Crippen molar-refractivity contribution in [2.45, 2.75) is 39.4 Å². The van der Waals surface area contributed by atoms with Gasteiger partial charge in [0.1, 0.15) is 0 Å². The normalized spacial score (nSPS) is 12.7. The van der Waals surface area contributed by atoms with Crippen molar-refractivity contribution in [1.29, 1.82) is 0 Å². The summed E-state index contributed by atoms with van der Waals surface area (Å²) in [6.07, 6.45) is 2.37. The molecule has 8 nitrogen and oxygen atoms in total. The average Bonchev–Trinajstić information content (AvgIpc) is 3.54. The smallest absolute Gasteiger partial charge is 0.337 e. The maximum absolute atomic E-state index is 13.2. The summed E-state index contributed by atoms with van der Waals surface area (Å²) < 4.78 is 10.2. The Morgan fingerprint density at radius 3 is 2.42 bits per heavy atom. The van der Waals surface area contributed by atoms with Crippen molar-refractivity contribution in [2.75, 3.05) is 0 Å². The number of fused-ring (bicyclic) bond motifs is 2. The van der Waals surface area contributed by atoms with E-state index in [1.165, 1.54) is 22.0 Å². The molecule has 43 heavy (non-hydrogen) atoms. The van der Waals surface area contributed by atoms with Gasteiger partial charge in [-0.25, -0.2) is 9.78 Å². The lowest BCUT2D eigenvalue weighted by Gasteiger charge is -2.28. The fourth-order valence-electron chi connectivity index (χ4n) is 5.28. The Kier molecular flexibility index (Phi) is 7.20. The van der Waals surface area contributed by atoms with Crippen LogP contribution in [0.15, 0.2) is 77.9 Å². The van der Waals surface area contributed by atoms with Crippen molar-refractivity contribution in [1.82, 2.24) is 19.3 Å². The van der Waals surface area contributed by atoms with Crippen LogP contribution in [0.5, 0.6) is 0 Å². The van der Waals surface area contributed by atoms with Crippen LogP contribution >= 0.6 is 22.9 Å². The van der Waals surface area contributed by atoms with Gasteiger partial charge in [0.25, 0.3) is 5.56 Å². The predicted molar refractivity (Wildman–Crippen MR) is 171 cm³/mol. The molecule has 10 heteroatoms. The standard InChI is InChI=1S/C33H29ClN4O4S/c1-18-14-24-30(28(19-6-10-23(34)11-7-19)27(18)29(31(40)41)42-33(2,3)4)43-32(36-24)38-17-21(9-13-26(38)39)20-8-12-25-22(15-20)16-35-37(25)5/h6-17,29H,1-5H3,(H,40,41)/t29-/m0/s1. The molecule has 0 saturated carbocycles. The Morgan fingerprint density at radius 1 is 1.02 bits per heavy atom. The van der Waals surface area contributed by atoms with Crippen LogP contribution in [0.1, 0.15) is 38.0 Å². The first-order valence-corrected chi connectivity index (χ1v) is 14.8. The van der Waals surface area contributed by atoms with Crippen molar-refractivity contribution < 1.29 is 14.6 Å². The summed E-state index contributed by atoms with van der Waals surface area (Å²) in [5, 5.41) is 16.7. The van der Waals surface area contributed by atoms with E-state index < -0.39 is 17.7 Å². The number of carboxylic acid groups (broad SMARTS) is 1. The molecule has 3 heterocycles. The molecule has 3 aromatic heterocycles. The zero-order valence-corrected chi connectivity index (χ0v) is 25.8. The van der Waals surface area contributed by atoms with E-state index in [2.05, 4.69) is 5.10 Å². The summed E-state index contributed by atoms with van der Waals surface area (Å²) in [6, 6.07) is 18.5. The van der Waals surface area contributed by atoms with Gasteiger partial charge in [-0.2, -0.15) is 5.10 Å². The Labute approximate surface area is 256 Å². The number of halogens is 1. The minimum atomic E-state index is -1.23. The molecule has 6 rings (SSSR count). The van der Waals surface area contributed by atoms with Crippen molar-refractivity contribution in [3.8, 4) is 27.4 Å². The maximum atomic E-state index is 13.2. The lowest BCUT2D eigenvalue weighted by atomic mass is 9.91. The molecule has 1 N–H and O–H groups in total. The Balaban J connectivity index is 1.56. The summed E-state index contributed by atoms with van der Waals surface area (Å²) in [7, 11) is 1.90. The van der Waals surface area contributed by atoms with Crippen LogP contribution in [-0.4, -0.2) is 36.0 Å². The highest BCUT2D eigenvalue weighted by molar-refractivity contribution is 7.21. The van der Waals surface area contributed by atoms with E-state index in [0.717, 1.165) is 37.9 Å². The maximum Gasteiger partial charge on any atom is 0.337 e. The SMILES string of the molecule is Cc1cc2nc(-n3cc(-c4ccc5c(cnn5C)c4)ccc3=O)sc2c(-c2ccc(Cl)cc2)c1[C@H](OC(C)(C)C)C(=O)O. The van der Waals surface area contributed by atoms with Crippen LogP contribution in [0.4, 0.5) is 0 Å². The van der Waals surface area contributed by atoms with Gasteiger partial charge in [0.2, 0.25) is 0 Å². The molecule has 0 unspecified atom stereocenters. The number of aliphatic carboxylic acids is 1. The van der Waals surface area contributed by atoms with Crippen LogP contribution in [-0.2, 0) is 16.6 Å². The predicted octanol–water partition coefficient (Wildman–Crippen LogP) is 7.57. The van der Waals surface area contributed by atoms with E-state index >= 15 is 0 Å². The summed E-state index contributed by atoms with van der Waals surface area (Å²) in [4.78, 5) is 30.7. The first kappa shape index (κ1) is 28.8. The second-order valence-electron chi connectivity index (χ2n) is 11.5. The molecular formula is C33H29ClN4O4S. The summed E-state index contributed by atoms with van der Waals surface area (Å²) >= 11 is 7.54. The van der Waals surface area contributed by atoms with Crippen LogP contribution in [0.2, 0.25) is 5.02 Å². The average molecular weight is 613 g/mol. The highest BCUT2D eigenvalue weighted by atomic mass is 35.5. The van der Waals surface area contributed by atoms with Crippen LogP contribution in [0, 0.1) is 6.92 Å². The zero-order chi connectivity index (χ0) is 30.6. The number of ether oxygens (including phenoxy) is 1. The van der Waals surface area contributed by atoms with E-state index in [4.69, 9.17) is 21.3 Å². The molecule has 0 aliphatic carbocycles. The van der Waals surface area contributed by atoms with Crippen LogP contribution < -0.4 is 5.56 Å². The molecule has 6 aromatic rings. The van der Waals surface area contributed by atoms with Gasteiger partial charge < -0.3 is 9.84 Å². The van der Waals surface area contributed by atoms with E-state index in [9.17, 15) is 14.7 Å². The minimum Gasteiger partial charge on any atom is -0.479 e. The number of pyridine rings is 1. The second-order valence-corrected chi connectivity index (χ2v) is 12.9. The van der Waals surface area contributed by atoms with Gasteiger partial charge in [-0.05, 0) is 86.3 Å². The topological polar surface area (TPSA) is 99.2 Å². The first-order chi connectivity index (χ1) is 20.4. The van der Waals surface area contributed by atoms with Gasteiger partial charge >= 0.3 is 5.97 Å². The van der Waals surface area contributed by atoms with Crippen molar-refractivity contribution in [2.24, 2.45) is 7.05 Å². The van der Waals surface area contributed by atoms with Crippen LogP contribution in [0.25, 0.3) is 48.5 Å². The number of aromatic nitrogens is 4. The minimum absolute atomic E-state index is 0.227. The molecule has 0 amide bonds. The molecule has 1 atom stereocenters. The highest BCUT2D eigenvalue weighted by Crippen LogP contribution is 2.43. The fraction of sp³-hybridized carbons (Fsp3) is 0.212. The molecule has 0 radical (unpaired) electrons. The third kappa shape index (κ3) is 5.47. The quantitative estimate of drug-likeness (QED) is 0.208. The van der Waals surface area contributed by atoms with Gasteiger partial charge in [0, 0.05) is 40.8 Å². The van der Waals surface area contributed by atoms with E-state index in [-0.39, 0.29) is 5.56 Å². The van der Waals surface area contributed by atoms with Crippen molar-refractivity contribution in [3.63, 3.8) is 0 Å². The lowest BCUT2D eigenvalue weighted by molar-refractivity contribution is -0.160. The molecule has 0 spiro atoms. The molecule has 3 aromatic carbocycles. The zero-order valence-electron chi connectivity index (χ0n) is 24.3. The fourth-order valence-corrected chi connectivity index (χ4v) is 6.51. The summed E-state index contributed by atoms with van der Waals surface area (Å²) in [5.74, 6) is -1.09. The number of benzene rings is 3. The Morgan fingerprint density at radius 2 is 1.72 bits per heavy atom. The van der Waals surface area contributed by atoms with Gasteiger partial charge in [0.05, 0.1) is 27.5 Å². The van der Waals surface area contributed by atoms with Crippen molar-refractivity contribution in [3.05, 3.63) is 99.6 Å². The lowest BCUT2D eigenvalue weighted by Crippen LogP contribution is -2.28. The third-order valence-electron chi connectivity index (χ3n) is 7.20. The number of nitrogens with zero attached hydrogens (tertiary/aromatic N) is 4. The van der Waals surface area contributed by atoms with Gasteiger partial charge in [0.15, 0.2) is 11.2 Å². The monoisotopic (exact) mass is 612 g/mol. The number of carboxylic acids is 1. The molecular weight excluding hydrogens is 584 g/mol. The Hall–Kier alpha value is -4.31. The molecule has 0 aliphatic rings. The van der Waals surface area contributed by atoms with Gasteiger partial charge in [-0.3, -0.25) is 14.0 Å². The van der Waals surface area contributed by atoms with Gasteiger partial charge in [-0.1, -0.05) is 41.1 Å². The number of hydrogen-bond acceptors (Lipinski definition) is 6. The Bertz CT molecular complexity index is 2090. The molecule has 0 aliphatic heterocycles. The highest BCUT2D eigenvalue weighted by Gasteiger charge is 2.32. The largest absolute Gasteiger partial charge is 0.479 e. The summed E-state index contributed by atoms with van der Waals surface area (Å²) in [6.45, 7) is 7.34. The number of hydrogen-bond donors (Lipinski definition) is 1. The van der Waals surface area contributed by atoms with E-state index in [0.29, 0.717) is 26.8 Å². The number of rotatable bonds is 6. The number of carbonyl (C=O) groups is 1. The molecule has 0 fully saturated rings. The third-order valence-corrected chi connectivity index (χ3v) is 8.54. The molecule has 218 valence electrons. The number of aryl methyl sites for hydroxylation is 2. The van der Waals surface area contributed by atoms with E-state index in [1.807, 2.05) is 82.0 Å². The first-order valence-electron chi connectivity index (χ1n) is 13.7. The van der Waals surface area contributed by atoms with Crippen LogP contribution in [0.3, 0.4) is 0 Å². The van der Waals surface area contributed by atoms with Crippen molar-refractivity contribution >= 4 is 50.0 Å². The van der Waals surface area contributed by atoms with E-state index in [1.54, 1.807) is 24.4 Å². The number of thiazole rings is 1. The molecule has 0 bridgehead atoms. The van der Waals surface area contributed by atoms with Gasteiger partial charge in [-0.15, -0.1) is 0 Å². The second kappa shape index (κ2) is 10.8. The molecule has 0 saturated heterocycles. The summed E-state index contributed by atoms with van der Waals surface area (Å²) in [5.41, 5.74) is 5.25.